The standard InChI is InChI=1S/C15H25N/c1-10(2)14-12-8-16(9-13(12)14)11(3)7-15(4,5)6/h12-14H,1,3,7-9H2,2,4-6H3. The van der Waals surface area contributed by atoms with E-state index in [1.165, 1.54) is 24.4 Å². The van der Waals surface area contributed by atoms with Crippen molar-refractivity contribution < 1.29 is 0 Å². The molecule has 1 aliphatic carbocycles. The molecule has 1 nitrogen and oxygen atoms in total. The van der Waals surface area contributed by atoms with Gasteiger partial charge in [-0.25, -0.2) is 0 Å². The minimum atomic E-state index is 0.359. The number of hydrogen-bond acceptors (Lipinski definition) is 1. The predicted molar refractivity (Wildman–Crippen MR) is 70.1 cm³/mol. The summed E-state index contributed by atoms with van der Waals surface area (Å²) in [5.41, 5.74) is 3.08. The summed E-state index contributed by atoms with van der Waals surface area (Å²) < 4.78 is 0. The molecule has 1 saturated carbocycles. The molecule has 2 fully saturated rings. The van der Waals surface area contributed by atoms with Crippen molar-refractivity contribution in [1.82, 2.24) is 4.90 Å². The second kappa shape index (κ2) is 3.65. The molecule has 0 aromatic rings. The third-order valence-electron chi connectivity index (χ3n) is 3.94. The fourth-order valence-electron chi connectivity index (χ4n) is 3.24. The molecule has 0 aromatic carbocycles. The molecular formula is C15H25N. The Morgan fingerprint density at radius 2 is 1.69 bits per heavy atom. The van der Waals surface area contributed by atoms with Crippen molar-refractivity contribution in [1.29, 1.82) is 0 Å². The van der Waals surface area contributed by atoms with E-state index in [4.69, 9.17) is 0 Å². The van der Waals surface area contributed by atoms with Crippen LogP contribution in [0.5, 0.6) is 0 Å². The summed E-state index contributed by atoms with van der Waals surface area (Å²) in [5, 5.41) is 0. The number of hydrogen-bond donors (Lipinski definition) is 0. The summed E-state index contributed by atoms with van der Waals surface area (Å²) >= 11 is 0. The molecule has 2 unspecified atom stereocenters. The average molecular weight is 219 g/mol. The average Bonchev–Trinajstić information content (AvgIpc) is 2.60. The van der Waals surface area contributed by atoms with E-state index in [2.05, 4.69) is 45.8 Å². The molecule has 0 N–H and O–H groups in total. The van der Waals surface area contributed by atoms with E-state index in [1.54, 1.807) is 0 Å². The minimum Gasteiger partial charge on any atom is -0.375 e. The monoisotopic (exact) mass is 219 g/mol. The number of nitrogens with zero attached hydrogens (tertiary/aromatic N) is 1. The topological polar surface area (TPSA) is 3.24 Å². The number of rotatable bonds is 3. The van der Waals surface area contributed by atoms with Crippen LogP contribution in [-0.4, -0.2) is 18.0 Å². The van der Waals surface area contributed by atoms with Crippen LogP contribution in [0.15, 0.2) is 24.4 Å². The predicted octanol–water partition coefficient (Wildman–Crippen LogP) is 3.69. The van der Waals surface area contributed by atoms with Crippen molar-refractivity contribution in [3.8, 4) is 0 Å². The number of likely N-dealkylation sites (tertiary alicyclic amines) is 1. The first kappa shape index (κ1) is 11.8. The van der Waals surface area contributed by atoms with Gasteiger partial charge in [0.15, 0.2) is 0 Å². The van der Waals surface area contributed by atoms with Crippen molar-refractivity contribution >= 4 is 0 Å². The number of fused-ring (bicyclic) bond motifs is 1. The maximum Gasteiger partial charge on any atom is 0.0212 e. The molecule has 1 aliphatic heterocycles. The Morgan fingerprint density at radius 1 is 1.19 bits per heavy atom. The van der Waals surface area contributed by atoms with Crippen LogP contribution in [0.4, 0.5) is 0 Å². The zero-order chi connectivity index (χ0) is 12.1. The summed E-state index contributed by atoms with van der Waals surface area (Å²) in [7, 11) is 0. The van der Waals surface area contributed by atoms with Gasteiger partial charge in [0.2, 0.25) is 0 Å². The Hall–Kier alpha value is -0.720. The first-order chi connectivity index (χ1) is 7.29. The molecule has 1 heteroatoms. The first-order valence-electron chi connectivity index (χ1n) is 6.38. The lowest BCUT2D eigenvalue weighted by Crippen LogP contribution is -2.26. The third-order valence-corrected chi connectivity index (χ3v) is 3.94. The second-order valence-electron chi connectivity index (χ2n) is 6.91. The summed E-state index contributed by atoms with van der Waals surface area (Å²) in [6.45, 7) is 19.8. The van der Waals surface area contributed by atoms with Gasteiger partial charge in [-0.15, -0.1) is 0 Å². The van der Waals surface area contributed by atoms with Gasteiger partial charge in [0.05, 0.1) is 0 Å². The zero-order valence-electron chi connectivity index (χ0n) is 11.2. The Morgan fingerprint density at radius 3 is 2.06 bits per heavy atom. The van der Waals surface area contributed by atoms with Gasteiger partial charge < -0.3 is 4.90 Å². The fraction of sp³-hybridized carbons (Fsp3) is 0.733. The molecule has 2 atom stereocenters. The number of piperidine rings is 1. The molecule has 0 bridgehead atoms. The molecular weight excluding hydrogens is 194 g/mol. The van der Waals surface area contributed by atoms with Crippen molar-refractivity contribution in [2.45, 2.75) is 34.1 Å². The van der Waals surface area contributed by atoms with Gasteiger partial charge in [-0.2, -0.15) is 0 Å². The molecule has 2 rings (SSSR count). The SMILES string of the molecule is C=C(C)C1C2CN(C(=C)CC(C)(C)C)CC21. The van der Waals surface area contributed by atoms with Crippen molar-refractivity contribution in [2.75, 3.05) is 13.1 Å². The van der Waals surface area contributed by atoms with Crippen molar-refractivity contribution in [2.24, 2.45) is 23.2 Å². The quantitative estimate of drug-likeness (QED) is 0.654. The third kappa shape index (κ3) is 2.18. The second-order valence-corrected chi connectivity index (χ2v) is 6.91. The molecule has 1 heterocycles. The summed E-state index contributed by atoms with van der Waals surface area (Å²) in [5.74, 6) is 2.59. The van der Waals surface area contributed by atoms with E-state index in [-0.39, 0.29) is 0 Å². The fourth-order valence-corrected chi connectivity index (χ4v) is 3.24. The highest BCUT2D eigenvalue weighted by Gasteiger charge is 2.55. The summed E-state index contributed by atoms with van der Waals surface area (Å²) in [4.78, 5) is 2.50. The Bertz CT molecular complexity index is 309. The molecule has 0 spiro atoms. The highest BCUT2D eigenvalue weighted by Crippen LogP contribution is 2.55. The van der Waals surface area contributed by atoms with Gasteiger partial charge in [-0.1, -0.05) is 39.5 Å². The molecule has 90 valence electrons. The lowest BCUT2D eigenvalue weighted by molar-refractivity contribution is 0.302. The first-order valence-corrected chi connectivity index (χ1v) is 6.38. The lowest BCUT2D eigenvalue weighted by atomic mass is 9.90. The van der Waals surface area contributed by atoms with E-state index in [9.17, 15) is 0 Å². The maximum absolute atomic E-state index is 4.25. The number of allylic oxidation sites excluding steroid dienone is 2. The van der Waals surface area contributed by atoms with Crippen LogP contribution in [0, 0.1) is 23.2 Å². The van der Waals surface area contributed by atoms with Gasteiger partial charge in [-0.3, -0.25) is 0 Å². The highest BCUT2D eigenvalue weighted by atomic mass is 15.2. The zero-order valence-corrected chi connectivity index (χ0v) is 11.2. The Kier molecular flexibility index (Phi) is 2.68. The maximum atomic E-state index is 4.25. The highest BCUT2D eigenvalue weighted by molar-refractivity contribution is 5.21. The summed E-state index contributed by atoms with van der Waals surface area (Å²) in [6, 6.07) is 0. The van der Waals surface area contributed by atoms with Gasteiger partial charge in [0.25, 0.3) is 0 Å². The van der Waals surface area contributed by atoms with Gasteiger partial charge in [0.1, 0.15) is 0 Å². The van der Waals surface area contributed by atoms with Crippen LogP contribution < -0.4 is 0 Å². The van der Waals surface area contributed by atoms with Crippen LogP contribution in [0.3, 0.4) is 0 Å². The van der Waals surface area contributed by atoms with Crippen LogP contribution in [0.2, 0.25) is 0 Å². The van der Waals surface area contributed by atoms with E-state index in [1.807, 2.05) is 0 Å². The molecule has 0 radical (unpaired) electrons. The van der Waals surface area contributed by atoms with Gasteiger partial charge in [-0.05, 0) is 36.5 Å². The molecule has 1 saturated heterocycles. The molecule has 16 heavy (non-hydrogen) atoms. The van der Waals surface area contributed by atoms with E-state index in [0.29, 0.717) is 5.41 Å². The van der Waals surface area contributed by atoms with Crippen LogP contribution in [0.25, 0.3) is 0 Å². The minimum absolute atomic E-state index is 0.359. The van der Waals surface area contributed by atoms with Crippen LogP contribution >= 0.6 is 0 Å². The van der Waals surface area contributed by atoms with Crippen molar-refractivity contribution in [3.05, 3.63) is 24.4 Å². The molecule has 0 aromatic heterocycles. The largest absolute Gasteiger partial charge is 0.375 e. The smallest absolute Gasteiger partial charge is 0.0212 e. The van der Waals surface area contributed by atoms with E-state index >= 15 is 0 Å². The molecule has 2 aliphatic rings. The van der Waals surface area contributed by atoms with E-state index in [0.717, 1.165) is 24.2 Å². The molecule has 0 amide bonds. The van der Waals surface area contributed by atoms with Gasteiger partial charge >= 0.3 is 0 Å². The summed E-state index contributed by atoms with van der Waals surface area (Å²) in [6.07, 6.45) is 1.12. The van der Waals surface area contributed by atoms with Crippen LogP contribution in [0.1, 0.15) is 34.1 Å². The Balaban J connectivity index is 1.85. The normalized spacial score (nSPS) is 32.5. The Labute approximate surface area is 100 Å². The van der Waals surface area contributed by atoms with Gasteiger partial charge in [0, 0.05) is 18.8 Å². The van der Waals surface area contributed by atoms with Crippen LogP contribution in [-0.2, 0) is 0 Å². The van der Waals surface area contributed by atoms with E-state index < -0.39 is 0 Å². The lowest BCUT2D eigenvalue weighted by Gasteiger charge is -2.29. The van der Waals surface area contributed by atoms with Crippen molar-refractivity contribution in [3.63, 3.8) is 0 Å².